The molecule has 0 aliphatic carbocycles. The smallest absolute Gasteiger partial charge is 0.408 e. The molecule has 1 unspecified atom stereocenters. The van der Waals surface area contributed by atoms with Crippen LogP contribution in [0.15, 0.2) is 30.3 Å². The summed E-state index contributed by atoms with van der Waals surface area (Å²) in [6, 6.07) is 9.27. The molecule has 4 nitrogen and oxygen atoms in total. The van der Waals surface area contributed by atoms with Crippen LogP contribution in [-0.4, -0.2) is 28.4 Å². The molecule has 2 rings (SSSR count). The molecular formula is C12H13NO3. The summed E-state index contributed by atoms with van der Waals surface area (Å²) in [6.07, 6.45) is 0.0142. The largest absolute Gasteiger partial charge is 0.465 e. The Balaban J connectivity index is 2.25. The van der Waals surface area contributed by atoms with Gasteiger partial charge in [-0.25, -0.2) is 4.79 Å². The molecule has 0 radical (unpaired) electrons. The molecule has 1 atom stereocenters. The fourth-order valence-corrected chi connectivity index (χ4v) is 2.06. The first-order chi connectivity index (χ1) is 7.68. The standard InChI is InChI=1S/C12H13NO3/c14-10-6-7-11(13(8-10)12(15)16)9-4-2-1-3-5-9/h1-5,11H,6-8H2,(H,15,16). The van der Waals surface area contributed by atoms with Gasteiger partial charge < -0.3 is 5.11 Å². The van der Waals surface area contributed by atoms with Gasteiger partial charge in [-0.1, -0.05) is 30.3 Å². The average Bonchev–Trinajstić information content (AvgIpc) is 2.30. The molecule has 1 aliphatic heterocycles. The Morgan fingerprint density at radius 3 is 2.62 bits per heavy atom. The molecule has 1 aliphatic rings. The first-order valence-corrected chi connectivity index (χ1v) is 5.24. The molecule has 16 heavy (non-hydrogen) atoms. The van der Waals surface area contributed by atoms with E-state index in [-0.39, 0.29) is 18.4 Å². The Kier molecular flexibility index (Phi) is 2.90. The molecule has 0 saturated carbocycles. The number of ketones is 1. The Bertz CT molecular complexity index is 402. The van der Waals surface area contributed by atoms with Crippen LogP contribution in [0.3, 0.4) is 0 Å². The third-order valence-electron chi connectivity index (χ3n) is 2.85. The van der Waals surface area contributed by atoms with Crippen molar-refractivity contribution < 1.29 is 14.7 Å². The fourth-order valence-electron chi connectivity index (χ4n) is 2.06. The molecule has 1 saturated heterocycles. The summed E-state index contributed by atoms with van der Waals surface area (Å²) < 4.78 is 0. The van der Waals surface area contributed by atoms with Crippen molar-refractivity contribution in [3.63, 3.8) is 0 Å². The number of nitrogens with zero attached hydrogens (tertiary/aromatic N) is 1. The molecule has 4 heteroatoms. The maximum absolute atomic E-state index is 11.2. The monoisotopic (exact) mass is 219 g/mol. The quantitative estimate of drug-likeness (QED) is 0.786. The van der Waals surface area contributed by atoms with Gasteiger partial charge in [0.2, 0.25) is 0 Å². The van der Waals surface area contributed by atoms with E-state index in [0.29, 0.717) is 12.8 Å². The number of benzene rings is 1. The van der Waals surface area contributed by atoms with Crippen molar-refractivity contribution in [3.8, 4) is 0 Å². The average molecular weight is 219 g/mol. The van der Waals surface area contributed by atoms with E-state index in [0.717, 1.165) is 5.56 Å². The van der Waals surface area contributed by atoms with Crippen LogP contribution in [0.2, 0.25) is 0 Å². The zero-order valence-electron chi connectivity index (χ0n) is 8.80. The third kappa shape index (κ3) is 2.05. The van der Waals surface area contributed by atoms with Crippen molar-refractivity contribution in [2.75, 3.05) is 6.54 Å². The summed E-state index contributed by atoms with van der Waals surface area (Å²) in [5.74, 6) is -0.00502. The summed E-state index contributed by atoms with van der Waals surface area (Å²) >= 11 is 0. The lowest BCUT2D eigenvalue weighted by molar-refractivity contribution is -0.122. The maximum atomic E-state index is 11.2. The van der Waals surface area contributed by atoms with Gasteiger partial charge in [0.1, 0.15) is 0 Å². The van der Waals surface area contributed by atoms with Crippen LogP contribution in [0.1, 0.15) is 24.4 Å². The zero-order chi connectivity index (χ0) is 11.5. The van der Waals surface area contributed by atoms with E-state index in [1.807, 2.05) is 30.3 Å². The molecule has 1 heterocycles. The van der Waals surface area contributed by atoms with Crippen LogP contribution < -0.4 is 0 Å². The molecule has 1 fully saturated rings. The zero-order valence-corrected chi connectivity index (χ0v) is 8.80. The SMILES string of the molecule is O=C1CCC(c2ccccc2)N(C(=O)O)C1. The Morgan fingerprint density at radius 2 is 2.00 bits per heavy atom. The van der Waals surface area contributed by atoms with Crippen molar-refractivity contribution >= 4 is 11.9 Å². The van der Waals surface area contributed by atoms with Gasteiger partial charge in [0.25, 0.3) is 0 Å². The number of likely N-dealkylation sites (tertiary alicyclic amines) is 1. The lowest BCUT2D eigenvalue weighted by atomic mass is 9.95. The van der Waals surface area contributed by atoms with E-state index < -0.39 is 6.09 Å². The normalized spacial score (nSPS) is 20.9. The molecule has 1 aromatic carbocycles. The molecule has 1 aromatic rings. The predicted octanol–water partition coefficient (Wildman–Crippen LogP) is 2.07. The molecule has 1 N–H and O–H groups in total. The van der Waals surface area contributed by atoms with Crippen LogP contribution in [0, 0.1) is 0 Å². The molecule has 0 spiro atoms. The predicted molar refractivity (Wildman–Crippen MR) is 58.2 cm³/mol. The lowest BCUT2D eigenvalue weighted by Crippen LogP contribution is -2.41. The van der Waals surface area contributed by atoms with E-state index in [4.69, 9.17) is 5.11 Å². The van der Waals surface area contributed by atoms with Gasteiger partial charge >= 0.3 is 6.09 Å². The summed E-state index contributed by atoms with van der Waals surface area (Å²) in [7, 11) is 0. The van der Waals surface area contributed by atoms with Crippen molar-refractivity contribution in [2.45, 2.75) is 18.9 Å². The number of carbonyl (C=O) groups excluding carboxylic acids is 1. The highest BCUT2D eigenvalue weighted by Crippen LogP contribution is 2.29. The van der Waals surface area contributed by atoms with E-state index in [9.17, 15) is 9.59 Å². The number of carbonyl (C=O) groups is 2. The van der Waals surface area contributed by atoms with E-state index in [1.165, 1.54) is 4.90 Å². The summed E-state index contributed by atoms with van der Waals surface area (Å²) in [5.41, 5.74) is 0.956. The van der Waals surface area contributed by atoms with Gasteiger partial charge in [0.05, 0.1) is 12.6 Å². The van der Waals surface area contributed by atoms with Gasteiger partial charge in [-0.3, -0.25) is 9.69 Å². The number of carboxylic acid groups (broad SMARTS) is 1. The second-order valence-corrected chi connectivity index (χ2v) is 3.91. The summed E-state index contributed by atoms with van der Waals surface area (Å²) in [4.78, 5) is 23.5. The highest BCUT2D eigenvalue weighted by molar-refractivity contribution is 5.85. The second-order valence-electron chi connectivity index (χ2n) is 3.91. The molecular weight excluding hydrogens is 206 g/mol. The topological polar surface area (TPSA) is 57.6 Å². The maximum Gasteiger partial charge on any atom is 0.408 e. The third-order valence-corrected chi connectivity index (χ3v) is 2.85. The second kappa shape index (κ2) is 4.35. The van der Waals surface area contributed by atoms with Gasteiger partial charge in [0.15, 0.2) is 5.78 Å². The molecule has 0 bridgehead atoms. The van der Waals surface area contributed by atoms with Crippen molar-refractivity contribution in [3.05, 3.63) is 35.9 Å². The highest BCUT2D eigenvalue weighted by atomic mass is 16.4. The number of rotatable bonds is 1. The Hall–Kier alpha value is -1.84. The Labute approximate surface area is 93.5 Å². The van der Waals surface area contributed by atoms with Crippen molar-refractivity contribution in [1.82, 2.24) is 4.90 Å². The van der Waals surface area contributed by atoms with Crippen LogP contribution in [0.4, 0.5) is 4.79 Å². The molecule has 1 amide bonds. The van der Waals surface area contributed by atoms with Crippen molar-refractivity contribution in [1.29, 1.82) is 0 Å². The molecule has 0 aromatic heterocycles. The van der Waals surface area contributed by atoms with E-state index in [2.05, 4.69) is 0 Å². The van der Waals surface area contributed by atoms with Gasteiger partial charge in [-0.2, -0.15) is 0 Å². The number of piperidine rings is 1. The number of hydrogen-bond donors (Lipinski definition) is 1. The fraction of sp³-hybridized carbons (Fsp3) is 0.333. The minimum atomic E-state index is -1.03. The van der Waals surface area contributed by atoms with Gasteiger partial charge in [0, 0.05) is 6.42 Å². The van der Waals surface area contributed by atoms with Crippen LogP contribution in [0.5, 0.6) is 0 Å². The van der Waals surface area contributed by atoms with Crippen LogP contribution in [0.25, 0.3) is 0 Å². The Morgan fingerprint density at radius 1 is 1.31 bits per heavy atom. The first-order valence-electron chi connectivity index (χ1n) is 5.24. The van der Waals surface area contributed by atoms with E-state index in [1.54, 1.807) is 0 Å². The first kappa shape index (κ1) is 10.7. The van der Waals surface area contributed by atoms with Crippen LogP contribution in [-0.2, 0) is 4.79 Å². The number of hydrogen-bond acceptors (Lipinski definition) is 2. The van der Waals surface area contributed by atoms with Gasteiger partial charge in [-0.15, -0.1) is 0 Å². The highest BCUT2D eigenvalue weighted by Gasteiger charge is 2.31. The minimum absolute atomic E-state index is 0.00502. The summed E-state index contributed by atoms with van der Waals surface area (Å²) in [5, 5.41) is 9.06. The van der Waals surface area contributed by atoms with Crippen molar-refractivity contribution in [2.24, 2.45) is 0 Å². The minimum Gasteiger partial charge on any atom is -0.465 e. The van der Waals surface area contributed by atoms with Crippen LogP contribution >= 0.6 is 0 Å². The summed E-state index contributed by atoms with van der Waals surface area (Å²) in [6.45, 7) is 0.00882. The number of Topliss-reactive ketones (excluding diaryl/α,β-unsaturated/α-hetero) is 1. The lowest BCUT2D eigenvalue weighted by Gasteiger charge is -2.32. The number of amides is 1. The van der Waals surface area contributed by atoms with E-state index >= 15 is 0 Å². The molecule has 84 valence electrons. The van der Waals surface area contributed by atoms with Gasteiger partial charge in [-0.05, 0) is 12.0 Å².